The van der Waals surface area contributed by atoms with Crippen LogP contribution in [-0.4, -0.2) is 34.2 Å². The van der Waals surface area contributed by atoms with Crippen LogP contribution in [0.1, 0.15) is 27.0 Å². The number of thioether (sulfide) groups is 1. The molecule has 1 N–H and O–H groups in total. The minimum atomic E-state index is -1.02. The van der Waals surface area contributed by atoms with Gasteiger partial charge < -0.3 is 14.6 Å². The first-order chi connectivity index (χ1) is 17.2. The Bertz CT molecular complexity index is 1380. The van der Waals surface area contributed by atoms with Gasteiger partial charge in [-0.25, -0.2) is 4.79 Å². The number of hydrogen-bond acceptors (Lipinski definition) is 6. The number of nitrogens with zero attached hydrogens (tertiary/aromatic N) is 1. The third kappa shape index (κ3) is 5.92. The number of carbonyl (C=O) groups excluding carboxylic acids is 2. The van der Waals surface area contributed by atoms with Gasteiger partial charge in [-0.3, -0.25) is 14.5 Å². The van der Waals surface area contributed by atoms with Gasteiger partial charge in [-0.15, -0.1) is 0 Å². The molecule has 0 spiro atoms. The van der Waals surface area contributed by atoms with Crippen LogP contribution in [0, 0.1) is 0 Å². The summed E-state index contributed by atoms with van der Waals surface area (Å²) in [7, 11) is 1.49. The van der Waals surface area contributed by atoms with Gasteiger partial charge in [0.15, 0.2) is 11.5 Å². The van der Waals surface area contributed by atoms with E-state index in [1.807, 2.05) is 0 Å². The second-order valence-electron chi connectivity index (χ2n) is 7.72. The van der Waals surface area contributed by atoms with Gasteiger partial charge >= 0.3 is 5.97 Å². The average Bonchev–Trinajstić information content (AvgIpc) is 3.11. The van der Waals surface area contributed by atoms with Crippen molar-refractivity contribution < 1.29 is 29.0 Å². The summed E-state index contributed by atoms with van der Waals surface area (Å²) in [5, 5.41) is 9.40. The molecule has 0 aliphatic carbocycles. The van der Waals surface area contributed by atoms with Crippen molar-refractivity contribution in [1.82, 2.24) is 4.90 Å². The third-order valence-electron chi connectivity index (χ3n) is 5.23. The molecule has 10 heteroatoms. The molecule has 1 aliphatic rings. The summed E-state index contributed by atoms with van der Waals surface area (Å²) >= 11 is 10.3. The summed E-state index contributed by atoms with van der Waals surface area (Å²) in [6, 6.07) is 16.9. The topological polar surface area (TPSA) is 93.1 Å². The highest BCUT2D eigenvalue weighted by Gasteiger charge is 2.35. The number of ether oxygens (including phenoxy) is 2. The van der Waals surface area contributed by atoms with E-state index in [1.54, 1.807) is 54.6 Å². The summed E-state index contributed by atoms with van der Waals surface area (Å²) in [4.78, 5) is 38.1. The van der Waals surface area contributed by atoms with Gasteiger partial charge in [0, 0.05) is 5.02 Å². The second-order valence-corrected chi connectivity index (χ2v) is 10.0. The molecular formula is C26H19BrClNO6S. The van der Waals surface area contributed by atoms with E-state index in [0.29, 0.717) is 37.0 Å². The maximum Gasteiger partial charge on any atom is 0.335 e. The Morgan fingerprint density at radius 2 is 1.86 bits per heavy atom. The van der Waals surface area contributed by atoms with Gasteiger partial charge in [0.1, 0.15) is 6.61 Å². The Labute approximate surface area is 224 Å². The average molecular weight is 589 g/mol. The molecule has 4 rings (SSSR count). The molecule has 184 valence electrons. The van der Waals surface area contributed by atoms with E-state index in [0.717, 1.165) is 17.3 Å². The molecule has 0 atom stereocenters. The van der Waals surface area contributed by atoms with Crippen molar-refractivity contribution in [3.8, 4) is 11.5 Å². The number of methoxy groups -OCH3 is 1. The fourth-order valence-corrected chi connectivity index (χ4v) is 5.01. The molecule has 1 saturated heterocycles. The molecule has 1 heterocycles. The fourth-order valence-electron chi connectivity index (χ4n) is 3.47. The van der Waals surface area contributed by atoms with E-state index >= 15 is 0 Å². The molecule has 1 aliphatic heterocycles. The van der Waals surface area contributed by atoms with Crippen LogP contribution in [0.3, 0.4) is 0 Å². The van der Waals surface area contributed by atoms with Crippen molar-refractivity contribution in [2.24, 2.45) is 0 Å². The van der Waals surface area contributed by atoms with Gasteiger partial charge in [0.25, 0.3) is 11.1 Å². The molecule has 3 aromatic carbocycles. The van der Waals surface area contributed by atoms with Crippen LogP contribution < -0.4 is 9.47 Å². The van der Waals surface area contributed by atoms with E-state index in [-0.39, 0.29) is 29.9 Å². The number of halogens is 2. The number of carbonyl (C=O) groups is 3. The van der Waals surface area contributed by atoms with Gasteiger partial charge in [-0.1, -0.05) is 35.9 Å². The number of amides is 2. The van der Waals surface area contributed by atoms with Crippen molar-refractivity contribution in [2.45, 2.75) is 13.2 Å². The molecule has 36 heavy (non-hydrogen) atoms. The van der Waals surface area contributed by atoms with Crippen LogP contribution >= 0.6 is 39.3 Å². The lowest BCUT2D eigenvalue weighted by Gasteiger charge is -2.14. The van der Waals surface area contributed by atoms with Gasteiger partial charge in [-0.05, 0) is 86.9 Å². The second kappa shape index (κ2) is 11.2. The van der Waals surface area contributed by atoms with Gasteiger partial charge in [0.2, 0.25) is 0 Å². The van der Waals surface area contributed by atoms with Crippen molar-refractivity contribution in [2.75, 3.05) is 7.11 Å². The first kappa shape index (κ1) is 25.8. The summed E-state index contributed by atoms with van der Waals surface area (Å²) in [6.07, 6.45) is 1.63. The number of benzene rings is 3. The standard InChI is InChI=1S/C26H19BrClNO6S/c1-34-21-11-17(10-20(27)23(21)35-14-16-3-2-4-18(9-16)25(31)32)12-22-24(30)29(26(33)36-22)13-15-5-7-19(28)8-6-15/h2-12H,13-14H2,1H3,(H,31,32)/b22-12+. The lowest BCUT2D eigenvalue weighted by atomic mass is 10.1. The van der Waals surface area contributed by atoms with E-state index in [4.69, 9.17) is 21.1 Å². The minimum Gasteiger partial charge on any atom is -0.493 e. The Morgan fingerprint density at radius 3 is 2.56 bits per heavy atom. The normalized spacial score (nSPS) is 14.4. The van der Waals surface area contributed by atoms with Crippen LogP contribution in [0.2, 0.25) is 5.02 Å². The van der Waals surface area contributed by atoms with Gasteiger partial charge in [0.05, 0.1) is 28.6 Å². The SMILES string of the molecule is COc1cc(/C=C2/SC(=O)N(Cc3ccc(Cl)cc3)C2=O)cc(Br)c1OCc1cccc(C(=O)O)c1. The molecule has 7 nitrogen and oxygen atoms in total. The summed E-state index contributed by atoms with van der Waals surface area (Å²) in [5.41, 5.74) is 2.28. The predicted molar refractivity (Wildman–Crippen MR) is 141 cm³/mol. The molecule has 0 bridgehead atoms. The third-order valence-corrected chi connectivity index (χ3v) is 6.98. The number of carboxylic acid groups (broad SMARTS) is 1. The predicted octanol–water partition coefficient (Wildman–Crippen LogP) is 6.62. The number of imide groups is 1. The largest absolute Gasteiger partial charge is 0.493 e. The maximum atomic E-state index is 12.9. The summed E-state index contributed by atoms with van der Waals surface area (Å²) in [6.45, 7) is 0.279. The van der Waals surface area contributed by atoms with Crippen LogP contribution in [0.15, 0.2) is 70.0 Å². The molecule has 0 unspecified atom stereocenters. The number of rotatable bonds is 8. The molecule has 0 aromatic heterocycles. The van der Waals surface area contributed by atoms with Crippen molar-refractivity contribution in [3.63, 3.8) is 0 Å². The monoisotopic (exact) mass is 587 g/mol. The van der Waals surface area contributed by atoms with Gasteiger partial charge in [-0.2, -0.15) is 0 Å². The quantitative estimate of drug-likeness (QED) is 0.295. The zero-order valence-corrected chi connectivity index (χ0v) is 22.0. The molecule has 1 fully saturated rings. The zero-order chi connectivity index (χ0) is 25.8. The first-order valence-corrected chi connectivity index (χ1v) is 12.6. The molecule has 0 saturated carbocycles. The van der Waals surface area contributed by atoms with E-state index in [2.05, 4.69) is 15.9 Å². The van der Waals surface area contributed by atoms with Crippen molar-refractivity contribution in [1.29, 1.82) is 0 Å². The van der Waals surface area contributed by atoms with Crippen LogP contribution in [0.25, 0.3) is 6.08 Å². The Hall–Kier alpha value is -3.27. The Balaban J connectivity index is 1.52. The lowest BCUT2D eigenvalue weighted by molar-refractivity contribution is -0.123. The first-order valence-electron chi connectivity index (χ1n) is 10.6. The van der Waals surface area contributed by atoms with Crippen LogP contribution in [0.5, 0.6) is 11.5 Å². The van der Waals surface area contributed by atoms with Crippen LogP contribution in [-0.2, 0) is 17.9 Å². The van der Waals surface area contributed by atoms with E-state index in [9.17, 15) is 19.5 Å². The summed E-state index contributed by atoms with van der Waals surface area (Å²) in [5.74, 6) is -0.567. The van der Waals surface area contributed by atoms with E-state index < -0.39 is 5.97 Å². The molecule has 2 amide bonds. The fraction of sp³-hybridized carbons (Fsp3) is 0.115. The molecular weight excluding hydrogens is 570 g/mol. The Morgan fingerprint density at radius 1 is 1.11 bits per heavy atom. The van der Waals surface area contributed by atoms with E-state index in [1.165, 1.54) is 24.1 Å². The zero-order valence-electron chi connectivity index (χ0n) is 18.9. The highest BCUT2D eigenvalue weighted by molar-refractivity contribution is 9.10. The smallest absolute Gasteiger partial charge is 0.335 e. The number of aromatic carboxylic acids is 1. The van der Waals surface area contributed by atoms with Crippen LogP contribution in [0.4, 0.5) is 4.79 Å². The highest BCUT2D eigenvalue weighted by atomic mass is 79.9. The number of carboxylic acids is 1. The number of hydrogen-bond donors (Lipinski definition) is 1. The minimum absolute atomic E-state index is 0.124. The van der Waals surface area contributed by atoms with Crippen molar-refractivity contribution >= 4 is 62.5 Å². The molecule has 3 aromatic rings. The maximum absolute atomic E-state index is 12.9. The molecule has 0 radical (unpaired) electrons. The van der Waals surface area contributed by atoms with Crippen molar-refractivity contribution in [3.05, 3.63) is 97.3 Å². The lowest BCUT2D eigenvalue weighted by Crippen LogP contribution is -2.27. The highest BCUT2D eigenvalue weighted by Crippen LogP contribution is 2.39. The Kier molecular flexibility index (Phi) is 8.03. The summed E-state index contributed by atoms with van der Waals surface area (Å²) < 4.78 is 12.0.